The fraction of sp³-hybridized carbons (Fsp3) is 0.984. The second kappa shape index (κ2) is 47.8. The molecule has 0 aromatic rings. The van der Waals surface area contributed by atoms with Crippen LogP contribution in [0.1, 0.15) is 290 Å². The number of nitrogens with one attached hydrogen (secondary N) is 1. The zero-order valence-corrected chi connectivity index (χ0v) is 48.1. The number of hydrogen-bond donors (Lipinski definition) is 9. The van der Waals surface area contributed by atoms with Crippen LogP contribution in [-0.4, -0.2) is 140 Å². The molecule has 14 nitrogen and oxygen atoms in total. The van der Waals surface area contributed by atoms with Gasteiger partial charge >= 0.3 is 0 Å². The van der Waals surface area contributed by atoms with E-state index in [1.54, 1.807) is 0 Å². The third-order valence-corrected chi connectivity index (χ3v) is 16.1. The van der Waals surface area contributed by atoms with Crippen LogP contribution in [0.2, 0.25) is 0 Å². The van der Waals surface area contributed by atoms with E-state index in [4.69, 9.17) is 18.9 Å². The number of amides is 1. The van der Waals surface area contributed by atoms with Gasteiger partial charge in [-0.25, -0.2) is 0 Å². The van der Waals surface area contributed by atoms with Crippen molar-refractivity contribution >= 4 is 5.91 Å². The van der Waals surface area contributed by atoms with Gasteiger partial charge in [-0.05, 0) is 12.8 Å². The minimum Gasteiger partial charge on any atom is -0.394 e. The lowest BCUT2D eigenvalue weighted by molar-refractivity contribution is -0.359. The van der Waals surface area contributed by atoms with Crippen LogP contribution in [0.5, 0.6) is 0 Å². The largest absolute Gasteiger partial charge is 0.394 e. The van der Waals surface area contributed by atoms with Crippen molar-refractivity contribution in [1.29, 1.82) is 0 Å². The van der Waals surface area contributed by atoms with Crippen molar-refractivity contribution in [2.24, 2.45) is 0 Å². The van der Waals surface area contributed by atoms with Gasteiger partial charge in [0.05, 0.1) is 32.0 Å². The van der Waals surface area contributed by atoms with Gasteiger partial charge < -0.3 is 65.1 Å². The molecule has 2 aliphatic heterocycles. The van der Waals surface area contributed by atoms with E-state index in [0.717, 1.165) is 51.4 Å². The van der Waals surface area contributed by atoms with Crippen LogP contribution in [0.4, 0.5) is 0 Å². The van der Waals surface area contributed by atoms with Crippen molar-refractivity contribution < 1.29 is 64.6 Å². The van der Waals surface area contributed by atoms with Crippen LogP contribution in [0.15, 0.2) is 0 Å². The Morgan fingerprint density at radius 2 is 0.760 bits per heavy atom. The Kier molecular flexibility index (Phi) is 44.6. The van der Waals surface area contributed by atoms with E-state index in [-0.39, 0.29) is 12.5 Å². The summed E-state index contributed by atoms with van der Waals surface area (Å²) in [7, 11) is 0. The van der Waals surface area contributed by atoms with Gasteiger partial charge in [0.1, 0.15) is 48.8 Å². The second-order valence-electron chi connectivity index (χ2n) is 22.9. The molecule has 0 radical (unpaired) electrons. The first-order valence-electron chi connectivity index (χ1n) is 31.8. The van der Waals surface area contributed by atoms with Crippen molar-refractivity contribution in [3.05, 3.63) is 0 Å². The summed E-state index contributed by atoms with van der Waals surface area (Å²) in [6, 6.07) is -0.823. The summed E-state index contributed by atoms with van der Waals surface area (Å²) in [5.41, 5.74) is 0. The SMILES string of the molecule is CCCCCCCCCCCCCCCCCCCCCCCCCCCC(=O)NC(COC1OC(CO)C(OC2OC(CO)C(O)C(O)C2O)C(O)C1O)C(O)CCCCCCCCCCCCCCCCCC. The topological polar surface area (TPSA) is 228 Å². The smallest absolute Gasteiger partial charge is 0.220 e. The molecule has 2 fully saturated rings. The average molecular weight is 1070 g/mol. The van der Waals surface area contributed by atoms with Gasteiger partial charge in [-0.1, -0.05) is 271 Å². The van der Waals surface area contributed by atoms with E-state index in [2.05, 4.69) is 19.2 Å². The number of aliphatic hydroxyl groups is 8. The summed E-state index contributed by atoms with van der Waals surface area (Å²) in [6.07, 6.45) is 36.8. The van der Waals surface area contributed by atoms with Gasteiger partial charge in [-0.2, -0.15) is 0 Å². The lowest BCUT2D eigenvalue weighted by Gasteiger charge is -2.46. The van der Waals surface area contributed by atoms with E-state index in [0.29, 0.717) is 12.8 Å². The van der Waals surface area contributed by atoms with E-state index in [1.807, 2.05) is 0 Å². The van der Waals surface area contributed by atoms with Crippen molar-refractivity contribution in [1.82, 2.24) is 5.32 Å². The van der Waals surface area contributed by atoms with Crippen LogP contribution in [-0.2, 0) is 23.7 Å². The third-order valence-electron chi connectivity index (χ3n) is 16.1. The maximum atomic E-state index is 13.3. The zero-order valence-electron chi connectivity index (χ0n) is 48.1. The highest BCUT2D eigenvalue weighted by Crippen LogP contribution is 2.30. The highest BCUT2D eigenvalue weighted by atomic mass is 16.7. The molecule has 2 rings (SSSR count). The predicted octanol–water partition coefficient (Wildman–Crippen LogP) is 11.3. The Balaban J connectivity index is 1.69. The van der Waals surface area contributed by atoms with Crippen LogP contribution >= 0.6 is 0 Å². The molecule has 9 N–H and O–H groups in total. The summed E-state index contributed by atoms with van der Waals surface area (Å²) >= 11 is 0. The molecule has 12 atom stereocenters. The minimum absolute atomic E-state index is 0.199. The average Bonchev–Trinajstić information content (AvgIpc) is 3.41. The van der Waals surface area contributed by atoms with Gasteiger partial charge in [0.2, 0.25) is 5.91 Å². The zero-order chi connectivity index (χ0) is 54.6. The molecule has 0 aromatic carbocycles. The molecule has 0 spiro atoms. The molecular weight excluding hydrogens is 955 g/mol. The van der Waals surface area contributed by atoms with Gasteiger partial charge in [-0.15, -0.1) is 0 Å². The molecule has 75 heavy (non-hydrogen) atoms. The second-order valence-corrected chi connectivity index (χ2v) is 22.9. The molecule has 2 heterocycles. The van der Waals surface area contributed by atoms with Crippen molar-refractivity contribution in [3.63, 3.8) is 0 Å². The Labute approximate surface area is 457 Å². The third kappa shape index (κ3) is 33.4. The number of hydrogen-bond acceptors (Lipinski definition) is 13. The summed E-state index contributed by atoms with van der Waals surface area (Å²) in [5, 5.41) is 87.3. The summed E-state index contributed by atoms with van der Waals surface area (Å²) in [5.74, 6) is -0.199. The molecule has 0 aromatic heterocycles. The normalized spacial score (nSPS) is 24.9. The van der Waals surface area contributed by atoms with Crippen molar-refractivity contribution in [2.75, 3.05) is 19.8 Å². The van der Waals surface area contributed by atoms with E-state index in [9.17, 15) is 45.6 Å². The lowest BCUT2D eigenvalue weighted by Crippen LogP contribution is -2.65. The Morgan fingerprint density at radius 1 is 0.427 bits per heavy atom. The molecule has 1 amide bonds. The number of carbonyl (C=O) groups excluding carboxylic acids is 1. The fourth-order valence-corrected chi connectivity index (χ4v) is 10.9. The number of aliphatic hydroxyl groups excluding tert-OH is 8. The monoisotopic (exact) mass is 1070 g/mol. The van der Waals surface area contributed by atoms with E-state index in [1.165, 1.54) is 212 Å². The molecule has 2 aliphatic rings. The Morgan fingerprint density at radius 3 is 1.13 bits per heavy atom. The summed E-state index contributed by atoms with van der Waals surface area (Å²) in [6.45, 7) is 2.91. The van der Waals surface area contributed by atoms with Crippen molar-refractivity contribution in [2.45, 2.75) is 364 Å². The molecule has 446 valence electrons. The van der Waals surface area contributed by atoms with Crippen LogP contribution in [0.25, 0.3) is 0 Å². The van der Waals surface area contributed by atoms with E-state index >= 15 is 0 Å². The first-order valence-corrected chi connectivity index (χ1v) is 31.8. The summed E-state index contributed by atoms with van der Waals surface area (Å²) < 4.78 is 22.9. The Hall–Kier alpha value is -1.01. The standard InChI is InChI=1S/C61H119NO13/c1-3-5-7-9-11-13-15-17-19-21-22-23-24-25-26-27-28-29-31-33-35-37-39-41-43-45-53(66)62-49(50(65)44-42-40-38-36-34-32-30-20-18-16-14-12-10-8-6-4-2)48-72-60-58(71)56(69)59(52(47-64)74-60)75-61-57(70)55(68)54(67)51(46-63)73-61/h49-52,54-61,63-65,67-71H,3-48H2,1-2H3,(H,62,66). The highest BCUT2D eigenvalue weighted by Gasteiger charge is 2.51. The molecule has 0 saturated carbocycles. The van der Waals surface area contributed by atoms with Crippen LogP contribution in [0, 0.1) is 0 Å². The lowest BCUT2D eigenvalue weighted by atomic mass is 9.97. The highest BCUT2D eigenvalue weighted by molar-refractivity contribution is 5.76. The quantitative estimate of drug-likeness (QED) is 0.0259. The molecule has 2 saturated heterocycles. The molecule has 12 unspecified atom stereocenters. The number of unbranched alkanes of at least 4 members (excludes halogenated alkanes) is 39. The summed E-state index contributed by atoms with van der Waals surface area (Å²) in [4.78, 5) is 13.3. The van der Waals surface area contributed by atoms with Crippen molar-refractivity contribution in [3.8, 4) is 0 Å². The Bertz CT molecular complexity index is 1270. The van der Waals surface area contributed by atoms with Crippen LogP contribution < -0.4 is 5.32 Å². The minimum atomic E-state index is -1.78. The maximum absolute atomic E-state index is 13.3. The molecule has 0 bridgehead atoms. The predicted molar refractivity (Wildman–Crippen MR) is 300 cm³/mol. The van der Waals surface area contributed by atoms with E-state index < -0.39 is 86.8 Å². The van der Waals surface area contributed by atoms with Gasteiger partial charge in [0, 0.05) is 6.42 Å². The maximum Gasteiger partial charge on any atom is 0.220 e. The first kappa shape index (κ1) is 70.1. The fourth-order valence-electron chi connectivity index (χ4n) is 10.9. The van der Waals surface area contributed by atoms with Gasteiger partial charge in [0.15, 0.2) is 12.6 Å². The molecule has 0 aliphatic carbocycles. The number of carbonyl (C=O) groups is 1. The number of rotatable bonds is 52. The molecular formula is C61H119NO13. The van der Waals surface area contributed by atoms with Crippen LogP contribution in [0.3, 0.4) is 0 Å². The molecule has 14 heteroatoms. The number of ether oxygens (including phenoxy) is 4. The first-order chi connectivity index (χ1) is 36.6. The van der Waals surface area contributed by atoms with Gasteiger partial charge in [-0.3, -0.25) is 4.79 Å². The van der Waals surface area contributed by atoms with Gasteiger partial charge in [0.25, 0.3) is 0 Å².